The number of ether oxygens (including phenoxy) is 1. The van der Waals surface area contributed by atoms with Gasteiger partial charge in [-0.05, 0) is 54.8 Å². The first-order valence-electron chi connectivity index (χ1n) is 12.0. The monoisotopic (exact) mass is 526 g/mol. The van der Waals surface area contributed by atoms with Crippen LogP contribution in [0, 0.1) is 0 Å². The number of carbonyl (C=O) groups excluding carboxylic acids is 1. The van der Waals surface area contributed by atoms with Crippen LogP contribution >= 0.6 is 11.6 Å². The largest absolute Gasteiger partial charge is 0.487 e. The van der Waals surface area contributed by atoms with E-state index in [1.54, 1.807) is 48.5 Å². The molecule has 6 nitrogen and oxygen atoms in total. The fraction of sp³-hybridized carbons (Fsp3) is 0.321. The summed E-state index contributed by atoms with van der Waals surface area (Å²) in [6.07, 6.45) is 3.56. The molecule has 3 aromatic carbocycles. The fourth-order valence-corrected chi connectivity index (χ4v) is 5.69. The Hall–Kier alpha value is -3.03. The van der Waals surface area contributed by atoms with E-state index in [-0.39, 0.29) is 24.1 Å². The van der Waals surface area contributed by atoms with Gasteiger partial charge in [0.1, 0.15) is 11.4 Å². The Morgan fingerprint density at radius 1 is 1.06 bits per heavy atom. The Balaban J connectivity index is 1.52. The van der Waals surface area contributed by atoms with Crippen LogP contribution in [0.4, 0.5) is 5.69 Å². The minimum atomic E-state index is -3.54. The summed E-state index contributed by atoms with van der Waals surface area (Å²) >= 11 is 6.07. The van der Waals surface area contributed by atoms with E-state index in [9.17, 15) is 13.2 Å². The highest BCUT2D eigenvalue weighted by Crippen LogP contribution is 2.42. The first-order valence-corrected chi connectivity index (χ1v) is 14.3. The molecule has 0 bridgehead atoms. The first-order chi connectivity index (χ1) is 17.1. The highest BCUT2D eigenvalue weighted by molar-refractivity contribution is 7.92. The molecular formula is C28H31ClN2O4S. The van der Waals surface area contributed by atoms with Crippen LogP contribution in [0.25, 0.3) is 0 Å². The number of rotatable bonds is 8. The zero-order valence-corrected chi connectivity index (χ0v) is 22.3. The van der Waals surface area contributed by atoms with Gasteiger partial charge in [0.2, 0.25) is 10.0 Å². The van der Waals surface area contributed by atoms with Crippen LogP contribution < -0.4 is 14.4 Å². The highest BCUT2D eigenvalue weighted by Gasteiger charge is 2.39. The Morgan fingerprint density at radius 3 is 2.39 bits per heavy atom. The number of hydrogen-bond donors (Lipinski definition) is 1. The smallest absolute Gasteiger partial charge is 0.251 e. The van der Waals surface area contributed by atoms with E-state index in [0.29, 0.717) is 22.7 Å². The zero-order chi connectivity index (χ0) is 25.9. The Bertz CT molecular complexity index is 1340. The lowest BCUT2D eigenvalue weighted by atomic mass is 9.83. The van der Waals surface area contributed by atoms with Crippen molar-refractivity contribution < 1.29 is 17.9 Å². The maximum Gasteiger partial charge on any atom is 0.251 e. The summed E-state index contributed by atoms with van der Waals surface area (Å²) in [7, 11) is -3.54. The molecule has 1 N–H and O–H groups in total. The molecule has 0 fully saturated rings. The van der Waals surface area contributed by atoms with Crippen LogP contribution in [0.5, 0.6) is 5.75 Å². The van der Waals surface area contributed by atoms with E-state index < -0.39 is 10.0 Å². The molecule has 0 saturated heterocycles. The number of benzene rings is 3. The molecule has 1 atom stereocenters. The van der Waals surface area contributed by atoms with Crippen molar-refractivity contribution in [2.45, 2.75) is 51.3 Å². The summed E-state index contributed by atoms with van der Waals surface area (Å²) in [5, 5.41) is 3.65. The topological polar surface area (TPSA) is 75.7 Å². The molecule has 0 radical (unpaired) electrons. The Labute approximate surface area is 218 Å². The normalized spacial score (nSPS) is 16.5. The molecule has 0 aromatic heterocycles. The highest BCUT2D eigenvalue weighted by atomic mass is 35.5. The molecule has 1 aliphatic heterocycles. The number of fused-ring (bicyclic) bond motifs is 1. The third-order valence-electron chi connectivity index (χ3n) is 6.83. The molecule has 8 heteroatoms. The van der Waals surface area contributed by atoms with Gasteiger partial charge in [-0.25, -0.2) is 8.42 Å². The summed E-state index contributed by atoms with van der Waals surface area (Å²) in [5.41, 5.74) is 2.41. The van der Waals surface area contributed by atoms with Crippen molar-refractivity contribution in [3.05, 3.63) is 94.5 Å². The minimum absolute atomic E-state index is 0.129. The van der Waals surface area contributed by atoms with E-state index in [1.165, 1.54) is 4.31 Å². The van der Waals surface area contributed by atoms with Crippen LogP contribution in [0.1, 0.15) is 60.6 Å². The number of sulfonamides is 1. The molecule has 1 aliphatic rings. The molecule has 0 unspecified atom stereocenters. The number of amides is 1. The van der Waals surface area contributed by atoms with Crippen LogP contribution in [0.15, 0.2) is 72.8 Å². The van der Waals surface area contributed by atoms with Crippen molar-refractivity contribution in [1.82, 2.24) is 5.32 Å². The lowest BCUT2D eigenvalue weighted by Gasteiger charge is -2.41. The van der Waals surface area contributed by atoms with Crippen molar-refractivity contribution in [3.8, 4) is 5.75 Å². The van der Waals surface area contributed by atoms with E-state index in [0.717, 1.165) is 36.0 Å². The summed E-state index contributed by atoms with van der Waals surface area (Å²) in [5.74, 6) is 0.633. The lowest BCUT2D eigenvalue weighted by Crippen LogP contribution is -2.44. The van der Waals surface area contributed by atoms with Crippen molar-refractivity contribution in [2.75, 3.05) is 10.6 Å². The Kier molecular flexibility index (Phi) is 7.62. The van der Waals surface area contributed by atoms with Crippen LogP contribution in [-0.4, -0.2) is 26.2 Å². The SMILES string of the molecule is CCC1(CC)C[C@@H](NC(=O)c2ccc(CN(c3cccc(Cl)c3)S(C)(=O)=O)cc2)c2ccccc2O1. The van der Waals surface area contributed by atoms with E-state index in [4.69, 9.17) is 16.3 Å². The number of halogens is 1. The third kappa shape index (κ3) is 5.68. The maximum absolute atomic E-state index is 13.2. The van der Waals surface area contributed by atoms with Gasteiger partial charge in [-0.2, -0.15) is 0 Å². The molecule has 1 amide bonds. The number of nitrogens with one attached hydrogen (secondary N) is 1. The second kappa shape index (κ2) is 10.5. The average molecular weight is 527 g/mol. The van der Waals surface area contributed by atoms with E-state index in [1.807, 2.05) is 24.3 Å². The molecule has 0 aliphatic carbocycles. The van der Waals surface area contributed by atoms with Crippen molar-refractivity contribution >= 4 is 33.2 Å². The fourth-order valence-electron chi connectivity index (χ4n) is 4.63. The number of carbonyl (C=O) groups is 1. The summed E-state index contributed by atoms with van der Waals surface area (Å²) in [6, 6.07) is 21.4. The van der Waals surface area contributed by atoms with Gasteiger partial charge >= 0.3 is 0 Å². The molecule has 0 saturated carbocycles. The van der Waals surface area contributed by atoms with Gasteiger partial charge in [-0.15, -0.1) is 0 Å². The summed E-state index contributed by atoms with van der Waals surface area (Å²) in [4.78, 5) is 13.2. The standard InChI is InChI=1S/C28H31ClN2O4S/c1-4-28(5-2)18-25(24-11-6-7-12-26(24)35-28)30-27(32)21-15-13-20(14-16-21)19-31(36(3,33)34)23-10-8-9-22(29)17-23/h6-17,25H,4-5,18-19H2,1-3H3,(H,30,32)/t25-/m1/s1. The molecule has 36 heavy (non-hydrogen) atoms. The van der Waals surface area contributed by atoms with Crippen molar-refractivity contribution in [2.24, 2.45) is 0 Å². The first kappa shape index (κ1) is 26.0. The van der Waals surface area contributed by atoms with E-state index in [2.05, 4.69) is 19.2 Å². The van der Waals surface area contributed by atoms with Gasteiger partial charge in [-0.1, -0.05) is 61.8 Å². The maximum atomic E-state index is 13.2. The number of hydrogen-bond acceptors (Lipinski definition) is 4. The van der Waals surface area contributed by atoms with Crippen LogP contribution in [0.2, 0.25) is 5.02 Å². The van der Waals surface area contributed by atoms with Crippen molar-refractivity contribution in [3.63, 3.8) is 0 Å². The van der Waals surface area contributed by atoms with E-state index >= 15 is 0 Å². The minimum Gasteiger partial charge on any atom is -0.487 e. The predicted molar refractivity (Wildman–Crippen MR) is 144 cm³/mol. The van der Waals surface area contributed by atoms with Crippen LogP contribution in [0.3, 0.4) is 0 Å². The quantitative estimate of drug-likeness (QED) is 0.383. The van der Waals surface area contributed by atoms with Gasteiger partial charge in [0.05, 0.1) is 24.5 Å². The second-order valence-electron chi connectivity index (χ2n) is 9.21. The number of anilines is 1. The predicted octanol–water partition coefficient (Wildman–Crippen LogP) is 6.12. The van der Waals surface area contributed by atoms with Gasteiger partial charge in [0.15, 0.2) is 0 Å². The van der Waals surface area contributed by atoms with Gasteiger partial charge < -0.3 is 10.1 Å². The van der Waals surface area contributed by atoms with Gasteiger partial charge in [-0.3, -0.25) is 9.10 Å². The number of para-hydroxylation sites is 1. The van der Waals surface area contributed by atoms with Gasteiger partial charge in [0, 0.05) is 22.6 Å². The lowest BCUT2D eigenvalue weighted by molar-refractivity contribution is 0.0227. The summed E-state index contributed by atoms with van der Waals surface area (Å²) in [6.45, 7) is 4.35. The van der Waals surface area contributed by atoms with Gasteiger partial charge in [0.25, 0.3) is 5.91 Å². The van der Waals surface area contributed by atoms with Crippen LogP contribution in [-0.2, 0) is 16.6 Å². The second-order valence-corrected chi connectivity index (χ2v) is 11.5. The molecule has 1 heterocycles. The molecule has 0 spiro atoms. The molecule has 4 rings (SSSR count). The number of nitrogens with zero attached hydrogens (tertiary/aromatic N) is 1. The molecule has 190 valence electrons. The average Bonchev–Trinajstić information content (AvgIpc) is 2.86. The Morgan fingerprint density at radius 2 is 1.75 bits per heavy atom. The van der Waals surface area contributed by atoms with Crippen molar-refractivity contribution in [1.29, 1.82) is 0 Å². The summed E-state index contributed by atoms with van der Waals surface area (Å²) < 4.78 is 32.6. The third-order valence-corrected chi connectivity index (χ3v) is 8.21. The molecular weight excluding hydrogens is 496 g/mol. The molecule has 3 aromatic rings. The zero-order valence-electron chi connectivity index (χ0n) is 20.7.